The summed E-state index contributed by atoms with van der Waals surface area (Å²) in [6.07, 6.45) is 0. The van der Waals surface area contributed by atoms with E-state index in [1.165, 1.54) is 0 Å². The van der Waals surface area contributed by atoms with Crippen molar-refractivity contribution in [3.63, 3.8) is 0 Å². The molecule has 2 heterocycles. The Morgan fingerprint density at radius 2 is 1.62 bits per heavy atom. The summed E-state index contributed by atoms with van der Waals surface area (Å²) in [7, 11) is 3.24. The fraction of sp³-hybridized carbons (Fsp3) is 0.320. The maximum atomic E-state index is 12.6. The van der Waals surface area contributed by atoms with Gasteiger partial charge in [0.2, 0.25) is 5.95 Å². The van der Waals surface area contributed by atoms with E-state index in [0.717, 1.165) is 22.9 Å². The van der Waals surface area contributed by atoms with E-state index in [2.05, 4.69) is 20.2 Å². The molecule has 1 aromatic heterocycles. The number of amides is 1. The molecule has 1 saturated heterocycles. The van der Waals surface area contributed by atoms with Gasteiger partial charge in [0.25, 0.3) is 5.91 Å². The van der Waals surface area contributed by atoms with Gasteiger partial charge in [-0.3, -0.25) is 4.79 Å². The highest BCUT2D eigenvalue weighted by Gasteiger charge is 2.23. The topological polar surface area (TPSA) is 89.1 Å². The third-order valence-electron chi connectivity index (χ3n) is 5.52. The highest BCUT2D eigenvalue weighted by atomic mass is 16.5. The van der Waals surface area contributed by atoms with E-state index in [1.807, 2.05) is 54.3 Å². The SMILES string of the molecule is COc1ccc(Nc2cc(C)nc(N3CCN(C(=O)COc4cccc(OC)c4)CC3)n2)cc1. The smallest absolute Gasteiger partial charge is 0.260 e. The van der Waals surface area contributed by atoms with Crippen molar-refractivity contribution in [2.75, 3.05) is 57.2 Å². The molecule has 0 aliphatic carbocycles. The van der Waals surface area contributed by atoms with Crippen molar-refractivity contribution in [3.05, 3.63) is 60.3 Å². The van der Waals surface area contributed by atoms with Crippen LogP contribution >= 0.6 is 0 Å². The van der Waals surface area contributed by atoms with E-state index < -0.39 is 0 Å². The first kappa shape index (κ1) is 23.2. The number of nitrogens with zero attached hydrogens (tertiary/aromatic N) is 4. The monoisotopic (exact) mass is 463 g/mol. The van der Waals surface area contributed by atoms with Crippen molar-refractivity contribution in [1.82, 2.24) is 14.9 Å². The molecule has 4 rings (SSSR count). The Balaban J connectivity index is 1.32. The normalized spacial score (nSPS) is 13.4. The second-order valence-electron chi connectivity index (χ2n) is 7.88. The molecule has 0 radical (unpaired) electrons. The Kier molecular flexibility index (Phi) is 7.31. The van der Waals surface area contributed by atoms with Crippen LogP contribution in [0.1, 0.15) is 5.69 Å². The number of methoxy groups -OCH3 is 2. The number of carbonyl (C=O) groups excluding carboxylic acids is 1. The number of rotatable bonds is 8. The molecule has 1 aliphatic rings. The number of carbonyl (C=O) groups is 1. The molecule has 9 nitrogen and oxygen atoms in total. The van der Waals surface area contributed by atoms with Gasteiger partial charge in [-0.25, -0.2) is 4.98 Å². The van der Waals surface area contributed by atoms with Crippen LogP contribution in [-0.4, -0.2) is 67.8 Å². The Hall–Kier alpha value is -4.01. The standard InChI is InChI=1S/C25H29N5O4/c1-18-15-23(27-19-7-9-20(32-2)10-8-19)28-25(26-18)30-13-11-29(12-14-30)24(31)17-34-22-6-4-5-21(16-22)33-3/h4-10,15-16H,11-14,17H2,1-3H3,(H,26,27,28). The summed E-state index contributed by atoms with van der Waals surface area (Å²) in [5.74, 6) is 3.42. The first-order valence-electron chi connectivity index (χ1n) is 11.1. The molecular formula is C25H29N5O4. The fourth-order valence-electron chi connectivity index (χ4n) is 3.66. The van der Waals surface area contributed by atoms with Gasteiger partial charge in [0.1, 0.15) is 23.1 Å². The van der Waals surface area contributed by atoms with Gasteiger partial charge in [-0.2, -0.15) is 4.98 Å². The lowest BCUT2D eigenvalue weighted by Gasteiger charge is -2.34. The van der Waals surface area contributed by atoms with Gasteiger partial charge >= 0.3 is 0 Å². The molecule has 0 spiro atoms. The van der Waals surface area contributed by atoms with E-state index in [-0.39, 0.29) is 12.5 Å². The van der Waals surface area contributed by atoms with Crippen molar-refractivity contribution in [1.29, 1.82) is 0 Å². The lowest BCUT2D eigenvalue weighted by Crippen LogP contribution is -2.50. The minimum absolute atomic E-state index is 0.00988. The van der Waals surface area contributed by atoms with Crippen molar-refractivity contribution in [3.8, 4) is 17.2 Å². The Morgan fingerprint density at radius 1 is 0.912 bits per heavy atom. The lowest BCUT2D eigenvalue weighted by molar-refractivity contribution is -0.133. The van der Waals surface area contributed by atoms with Crippen LogP contribution in [0.15, 0.2) is 54.6 Å². The number of benzene rings is 2. The summed E-state index contributed by atoms with van der Waals surface area (Å²) in [6, 6.07) is 16.8. The molecule has 0 bridgehead atoms. The lowest BCUT2D eigenvalue weighted by atomic mass is 10.3. The number of nitrogens with one attached hydrogen (secondary N) is 1. The van der Waals surface area contributed by atoms with Crippen LogP contribution in [0, 0.1) is 6.92 Å². The maximum Gasteiger partial charge on any atom is 0.260 e. The first-order chi connectivity index (χ1) is 16.5. The fourth-order valence-corrected chi connectivity index (χ4v) is 3.66. The number of hydrogen-bond donors (Lipinski definition) is 1. The van der Waals surface area contributed by atoms with Gasteiger partial charge in [0.15, 0.2) is 6.61 Å². The predicted octanol–water partition coefficient (Wildman–Crippen LogP) is 3.27. The quantitative estimate of drug-likeness (QED) is 0.545. The minimum atomic E-state index is -0.0468. The van der Waals surface area contributed by atoms with Crippen LogP contribution in [0.4, 0.5) is 17.5 Å². The van der Waals surface area contributed by atoms with Gasteiger partial charge in [0, 0.05) is 49.7 Å². The summed E-state index contributed by atoms with van der Waals surface area (Å²) in [4.78, 5) is 25.8. The zero-order valence-corrected chi connectivity index (χ0v) is 19.7. The van der Waals surface area contributed by atoms with Crippen LogP contribution in [0.2, 0.25) is 0 Å². The molecule has 1 amide bonds. The second kappa shape index (κ2) is 10.7. The largest absolute Gasteiger partial charge is 0.497 e. The molecule has 0 saturated carbocycles. The summed E-state index contributed by atoms with van der Waals surface area (Å²) in [5.41, 5.74) is 1.78. The van der Waals surface area contributed by atoms with E-state index >= 15 is 0 Å². The van der Waals surface area contributed by atoms with E-state index in [1.54, 1.807) is 26.4 Å². The molecule has 9 heteroatoms. The summed E-state index contributed by atoms with van der Waals surface area (Å²) >= 11 is 0. The summed E-state index contributed by atoms with van der Waals surface area (Å²) in [5, 5.41) is 3.32. The number of aromatic nitrogens is 2. The molecule has 2 aromatic carbocycles. The van der Waals surface area contributed by atoms with Gasteiger partial charge in [-0.1, -0.05) is 6.07 Å². The van der Waals surface area contributed by atoms with Crippen LogP contribution in [-0.2, 0) is 4.79 Å². The number of piperazine rings is 1. The second-order valence-corrected chi connectivity index (χ2v) is 7.88. The van der Waals surface area contributed by atoms with Crippen molar-refractivity contribution in [2.24, 2.45) is 0 Å². The van der Waals surface area contributed by atoms with Gasteiger partial charge in [-0.15, -0.1) is 0 Å². The van der Waals surface area contributed by atoms with Crippen LogP contribution < -0.4 is 24.4 Å². The van der Waals surface area contributed by atoms with Gasteiger partial charge in [-0.05, 0) is 43.3 Å². The van der Waals surface area contributed by atoms with Crippen LogP contribution in [0.5, 0.6) is 17.2 Å². The molecule has 0 atom stereocenters. The highest BCUT2D eigenvalue weighted by molar-refractivity contribution is 5.78. The molecule has 1 fully saturated rings. The third-order valence-corrected chi connectivity index (χ3v) is 5.52. The Morgan fingerprint density at radius 3 is 2.32 bits per heavy atom. The number of aryl methyl sites for hydroxylation is 1. The molecule has 3 aromatic rings. The predicted molar refractivity (Wildman–Crippen MR) is 130 cm³/mol. The van der Waals surface area contributed by atoms with Gasteiger partial charge in [0.05, 0.1) is 14.2 Å². The van der Waals surface area contributed by atoms with E-state index in [9.17, 15) is 4.79 Å². The van der Waals surface area contributed by atoms with Gasteiger partial charge < -0.3 is 29.3 Å². The van der Waals surface area contributed by atoms with E-state index in [0.29, 0.717) is 43.6 Å². The molecule has 1 N–H and O–H groups in total. The van der Waals surface area contributed by atoms with Crippen molar-refractivity contribution in [2.45, 2.75) is 6.92 Å². The summed E-state index contributed by atoms with van der Waals surface area (Å²) in [6.45, 7) is 4.40. The highest BCUT2D eigenvalue weighted by Crippen LogP contribution is 2.22. The minimum Gasteiger partial charge on any atom is -0.497 e. The first-order valence-corrected chi connectivity index (χ1v) is 11.1. The zero-order valence-electron chi connectivity index (χ0n) is 19.7. The molecule has 178 valence electrons. The summed E-state index contributed by atoms with van der Waals surface area (Å²) < 4.78 is 16.0. The average Bonchev–Trinajstić information content (AvgIpc) is 2.87. The number of hydrogen-bond acceptors (Lipinski definition) is 8. The Bertz CT molecular complexity index is 1110. The molecule has 1 aliphatic heterocycles. The third kappa shape index (κ3) is 5.86. The van der Waals surface area contributed by atoms with Crippen LogP contribution in [0.25, 0.3) is 0 Å². The molecule has 34 heavy (non-hydrogen) atoms. The molecular weight excluding hydrogens is 434 g/mol. The van der Waals surface area contributed by atoms with Crippen molar-refractivity contribution >= 4 is 23.4 Å². The number of ether oxygens (including phenoxy) is 3. The van der Waals surface area contributed by atoms with Crippen molar-refractivity contribution < 1.29 is 19.0 Å². The average molecular weight is 464 g/mol. The number of anilines is 3. The molecule has 0 unspecified atom stereocenters. The van der Waals surface area contributed by atoms with Crippen LogP contribution in [0.3, 0.4) is 0 Å². The Labute approximate surface area is 199 Å². The zero-order chi connectivity index (χ0) is 23.9. The van der Waals surface area contributed by atoms with E-state index in [4.69, 9.17) is 14.2 Å². The maximum absolute atomic E-state index is 12.6.